The minimum atomic E-state index is 0.896. The van der Waals surface area contributed by atoms with E-state index in [1.165, 1.54) is 11.4 Å². The van der Waals surface area contributed by atoms with Crippen molar-refractivity contribution in [3.8, 4) is 11.5 Å². The van der Waals surface area contributed by atoms with Gasteiger partial charge in [-0.1, -0.05) is 18.2 Å². The van der Waals surface area contributed by atoms with E-state index in [-0.39, 0.29) is 0 Å². The lowest BCUT2D eigenvalue weighted by molar-refractivity contribution is 0.477. The summed E-state index contributed by atoms with van der Waals surface area (Å²) >= 11 is 0. The summed E-state index contributed by atoms with van der Waals surface area (Å²) in [5.74, 6) is 1.79. The molecule has 0 aromatic heterocycles. The van der Waals surface area contributed by atoms with E-state index in [9.17, 15) is 0 Å². The van der Waals surface area contributed by atoms with Crippen LogP contribution in [0.15, 0.2) is 66.7 Å². The molecule has 1 aliphatic heterocycles. The maximum absolute atomic E-state index is 6.49. The van der Waals surface area contributed by atoms with Crippen molar-refractivity contribution in [1.29, 1.82) is 0 Å². The summed E-state index contributed by atoms with van der Waals surface area (Å²) in [5, 5.41) is 0. The Morgan fingerprint density at radius 3 is 1.53 bits per heavy atom. The molecule has 4 rings (SSSR count). The largest absolute Gasteiger partial charge is 0.453 e. The molecule has 1 aliphatic rings. The van der Waals surface area contributed by atoms with Gasteiger partial charge in [0.15, 0.2) is 11.5 Å². The topological polar surface area (TPSA) is 19.0 Å². The molecular weight excluding hydrogens is 370 g/mol. The zero-order valence-electron chi connectivity index (χ0n) is 18.4. The Kier molecular flexibility index (Phi) is 5.84. The molecule has 0 aliphatic carbocycles. The Bertz CT molecular complexity index is 933. The summed E-state index contributed by atoms with van der Waals surface area (Å²) in [6.07, 6.45) is 0. The maximum Gasteiger partial charge on any atom is 0.153 e. The third-order valence-electron chi connectivity index (χ3n) is 5.86. The summed E-state index contributed by atoms with van der Waals surface area (Å²) in [4.78, 5) is 6.99. The van der Waals surface area contributed by atoms with Crippen LogP contribution in [0.5, 0.6) is 11.5 Å². The van der Waals surface area contributed by atoms with Crippen LogP contribution in [0.4, 0.5) is 28.4 Å². The van der Waals surface area contributed by atoms with Gasteiger partial charge in [0, 0.05) is 55.4 Å². The zero-order valence-corrected chi connectivity index (χ0v) is 18.4. The number of hydrogen-bond acceptors (Lipinski definition) is 4. The number of anilines is 5. The lowest BCUT2D eigenvalue weighted by atomic mass is 10.1. The second kappa shape index (κ2) is 8.70. The molecule has 3 aromatic rings. The van der Waals surface area contributed by atoms with Crippen LogP contribution >= 0.6 is 0 Å². The van der Waals surface area contributed by atoms with E-state index in [1.807, 2.05) is 0 Å². The molecule has 0 atom stereocenters. The molecule has 0 amide bonds. The van der Waals surface area contributed by atoms with Crippen molar-refractivity contribution in [1.82, 2.24) is 0 Å². The summed E-state index contributed by atoms with van der Waals surface area (Å²) < 4.78 is 6.49. The van der Waals surface area contributed by atoms with Gasteiger partial charge >= 0.3 is 0 Å². The molecule has 30 heavy (non-hydrogen) atoms. The monoisotopic (exact) mass is 401 g/mol. The molecule has 156 valence electrons. The molecule has 0 spiro atoms. The molecule has 3 aromatic carbocycles. The van der Waals surface area contributed by atoms with Gasteiger partial charge in [0.1, 0.15) is 0 Å². The standard InChI is InChI=1S/C26H31N3O/c1-5-27(6-2)21-14-16-23-25(18-21)30-26-19-22(28(7-3)8-4)15-17-24(26)29(23)20-12-10-9-11-13-20/h9-19H,5-8H2,1-4H3. The molecule has 0 bridgehead atoms. The number of para-hydroxylation sites is 1. The van der Waals surface area contributed by atoms with Crippen molar-refractivity contribution in [3.05, 3.63) is 66.7 Å². The molecule has 4 nitrogen and oxygen atoms in total. The van der Waals surface area contributed by atoms with Crippen LogP contribution in [0.2, 0.25) is 0 Å². The highest BCUT2D eigenvalue weighted by atomic mass is 16.5. The Balaban J connectivity index is 1.85. The van der Waals surface area contributed by atoms with Crippen molar-refractivity contribution >= 4 is 28.4 Å². The van der Waals surface area contributed by atoms with Gasteiger partial charge in [-0.05, 0) is 64.1 Å². The zero-order chi connectivity index (χ0) is 21.1. The third kappa shape index (κ3) is 3.58. The highest BCUT2D eigenvalue weighted by molar-refractivity contribution is 5.88. The van der Waals surface area contributed by atoms with Crippen LogP contribution in [-0.2, 0) is 0 Å². The van der Waals surface area contributed by atoms with Gasteiger partial charge in [0.05, 0.1) is 11.4 Å². The maximum atomic E-state index is 6.49. The Hall–Kier alpha value is -3.14. The molecule has 0 unspecified atom stereocenters. The van der Waals surface area contributed by atoms with Crippen molar-refractivity contribution in [2.45, 2.75) is 27.7 Å². The normalized spacial score (nSPS) is 12.1. The minimum absolute atomic E-state index is 0.896. The van der Waals surface area contributed by atoms with Crippen LogP contribution in [0, 0.1) is 0 Å². The van der Waals surface area contributed by atoms with E-state index in [0.717, 1.165) is 54.7 Å². The minimum Gasteiger partial charge on any atom is -0.453 e. The van der Waals surface area contributed by atoms with Crippen LogP contribution in [0.3, 0.4) is 0 Å². The highest BCUT2D eigenvalue weighted by Gasteiger charge is 2.27. The van der Waals surface area contributed by atoms with Gasteiger partial charge in [0.25, 0.3) is 0 Å². The van der Waals surface area contributed by atoms with Gasteiger partial charge in [0.2, 0.25) is 0 Å². The average Bonchev–Trinajstić information content (AvgIpc) is 2.79. The van der Waals surface area contributed by atoms with E-state index in [1.54, 1.807) is 0 Å². The first-order chi connectivity index (χ1) is 14.7. The van der Waals surface area contributed by atoms with Gasteiger partial charge in [-0.25, -0.2) is 0 Å². The Morgan fingerprint density at radius 2 is 1.10 bits per heavy atom. The second-order valence-corrected chi connectivity index (χ2v) is 7.42. The summed E-state index contributed by atoms with van der Waals surface area (Å²) in [7, 11) is 0. The SMILES string of the molecule is CCN(CC)c1ccc2c(c1)Oc1cc(N(CC)CC)ccc1N2c1ccccc1. The van der Waals surface area contributed by atoms with Gasteiger partial charge in [-0.2, -0.15) is 0 Å². The van der Waals surface area contributed by atoms with E-state index >= 15 is 0 Å². The Morgan fingerprint density at radius 1 is 0.633 bits per heavy atom. The fraction of sp³-hybridized carbons (Fsp3) is 0.308. The average molecular weight is 402 g/mol. The van der Waals surface area contributed by atoms with Crippen LogP contribution < -0.4 is 19.4 Å². The number of hydrogen-bond donors (Lipinski definition) is 0. The molecule has 1 heterocycles. The fourth-order valence-corrected chi connectivity index (χ4v) is 4.21. The summed E-state index contributed by atoms with van der Waals surface area (Å²) in [6, 6.07) is 23.6. The van der Waals surface area contributed by atoms with Crippen molar-refractivity contribution < 1.29 is 4.74 Å². The molecule has 0 N–H and O–H groups in total. The number of nitrogens with zero attached hydrogens (tertiary/aromatic N) is 3. The molecule has 4 heteroatoms. The lowest BCUT2D eigenvalue weighted by Crippen LogP contribution is -2.23. The third-order valence-corrected chi connectivity index (χ3v) is 5.86. The van der Waals surface area contributed by atoms with Gasteiger partial charge in [-0.15, -0.1) is 0 Å². The van der Waals surface area contributed by atoms with Gasteiger partial charge in [-0.3, -0.25) is 0 Å². The summed E-state index contributed by atoms with van der Waals surface area (Å²) in [6.45, 7) is 12.6. The van der Waals surface area contributed by atoms with Gasteiger partial charge < -0.3 is 19.4 Å². The van der Waals surface area contributed by atoms with Crippen LogP contribution in [-0.4, -0.2) is 26.2 Å². The first-order valence-electron chi connectivity index (χ1n) is 11.0. The predicted octanol–water partition coefficient (Wildman–Crippen LogP) is 6.95. The Labute approximate surface area is 180 Å². The van der Waals surface area contributed by atoms with Crippen LogP contribution in [0.1, 0.15) is 27.7 Å². The fourth-order valence-electron chi connectivity index (χ4n) is 4.21. The van der Waals surface area contributed by atoms with Crippen molar-refractivity contribution in [3.63, 3.8) is 0 Å². The molecular formula is C26H31N3O. The first-order valence-corrected chi connectivity index (χ1v) is 11.0. The first kappa shape index (κ1) is 20.1. The molecule has 0 saturated heterocycles. The quantitative estimate of drug-likeness (QED) is 0.333. The van der Waals surface area contributed by atoms with E-state index in [0.29, 0.717) is 0 Å². The smallest absolute Gasteiger partial charge is 0.153 e. The second-order valence-electron chi connectivity index (χ2n) is 7.42. The van der Waals surface area contributed by atoms with E-state index in [2.05, 4.69) is 109 Å². The molecule has 0 fully saturated rings. The highest BCUT2D eigenvalue weighted by Crippen LogP contribution is 2.52. The number of ether oxygens (including phenoxy) is 1. The summed E-state index contributed by atoms with van der Waals surface area (Å²) in [5.41, 5.74) is 5.65. The van der Waals surface area contributed by atoms with Crippen molar-refractivity contribution in [2.24, 2.45) is 0 Å². The van der Waals surface area contributed by atoms with E-state index in [4.69, 9.17) is 4.74 Å². The predicted molar refractivity (Wildman–Crippen MR) is 128 cm³/mol. The number of fused-ring (bicyclic) bond motifs is 2. The molecule has 0 saturated carbocycles. The van der Waals surface area contributed by atoms with Crippen LogP contribution in [0.25, 0.3) is 0 Å². The number of rotatable bonds is 7. The molecule has 0 radical (unpaired) electrons. The van der Waals surface area contributed by atoms with Crippen molar-refractivity contribution in [2.75, 3.05) is 40.9 Å². The number of benzene rings is 3. The lowest BCUT2D eigenvalue weighted by Gasteiger charge is -2.35. The van der Waals surface area contributed by atoms with E-state index < -0.39 is 0 Å².